The number of hydrogen-bond acceptors (Lipinski definition) is 2. The minimum atomic E-state index is 0.0407. The third kappa shape index (κ3) is 4.68. The van der Waals surface area contributed by atoms with Gasteiger partial charge in [-0.25, -0.2) is 0 Å². The van der Waals surface area contributed by atoms with Crippen molar-refractivity contribution in [3.63, 3.8) is 0 Å². The third-order valence-electron chi connectivity index (χ3n) is 3.61. The Bertz CT molecular complexity index is 390. The van der Waals surface area contributed by atoms with E-state index in [-0.39, 0.29) is 5.38 Å². The van der Waals surface area contributed by atoms with Gasteiger partial charge in [-0.05, 0) is 68.6 Å². The molecule has 0 N–H and O–H groups in total. The highest BCUT2D eigenvalue weighted by Crippen LogP contribution is 2.31. The Morgan fingerprint density at radius 1 is 1.10 bits per heavy atom. The molecule has 0 heterocycles. The fourth-order valence-electron chi connectivity index (χ4n) is 2.79. The summed E-state index contributed by atoms with van der Waals surface area (Å²) in [6.45, 7) is 11.8. The van der Waals surface area contributed by atoms with Crippen LogP contribution in [0.5, 0.6) is 5.75 Å². The fraction of sp³-hybridized carbons (Fsp3) is 0.647. The number of rotatable bonds is 8. The van der Waals surface area contributed by atoms with Crippen LogP contribution in [0.1, 0.15) is 48.8 Å². The lowest BCUT2D eigenvalue weighted by Crippen LogP contribution is -2.29. The molecule has 0 aliphatic carbocycles. The third-order valence-corrected chi connectivity index (χ3v) is 3.97. The van der Waals surface area contributed by atoms with E-state index in [4.69, 9.17) is 16.3 Å². The summed E-state index contributed by atoms with van der Waals surface area (Å²) in [4.78, 5) is 2.46. The molecule has 0 bridgehead atoms. The maximum Gasteiger partial charge on any atom is 0.119 e. The van der Waals surface area contributed by atoms with Crippen LogP contribution >= 0.6 is 11.6 Å². The number of aryl methyl sites for hydroxylation is 2. The Kier molecular flexibility index (Phi) is 7.39. The SMILES string of the molecule is CCCN(CCC)CC(Cl)c1c(C)cc(OC)cc1C. The minimum Gasteiger partial charge on any atom is -0.497 e. The minimum absolute atomic E-state index is 0.0407. The van der Waals surface area contributed by atoms with Crippen LogP contribution in [0.15, 0.2) is 12.1 Å². The first-order valence-electron chi connectivity index (χ1n) is 7.55. The molecular weight excluding hydrogens is 270 g/mol. The molecule has 1 unspecified atom stereocenters. The molecule has 0 aliphatic rings. The summed E-state index contributed by atoms with van der Waals surface area (Å²) in [6.07, 6.45) is 2.34. The van der Waals surface area contributed by atoms with Crippen LogP contribution in [0.2, 0.25) is 0 Å². The molecule has 0 aromatic heterocycles. The smallest absolute Gasteiger partial charge is 0.119 e. The molecule has 1 rings (SSSR count). The van der Waals surface area contributed by atoms with Crippen LogP contribution in [-0.4, -0.2) is 31.6 Å². The van der Waals surface area contributed by atoms with Crippen LogP contribution in [-0.2, 0) is 0 Å². The van der Waals surface area contributed by atoms with Gasteiger partial charge in [-0.15, -0.1) is 11.6 Å². The maximum atomic E-state index is 6.70. The summed E-state index contributed by atoms with van der Waals surface area (Å²) in [6, 6.07) is 4.14. The van der Waals surface area contributed by atoms with E-state index < -0.39 is 0 Å². The second kappa shape index (κ2) is 8.53. The zero-order valence-electron chi connectivity index (χ0n) is 13.5. The molecule has 0 fully saturated rings. The van der Waals surface area contributed by atoms with Crippen LogP contribution < -0.4 is 4.74 Å². The van der Waals surface area contributed by atoms with E-state index in [2.05, 4.69) is 44.7 Å². The highest BCUT2D eigenvalue weighted by atomic mass is 35.5. The van der Waals surface area contributed by atoms with Gasteiger partial charge in [0.05, 0.1) is 12.5 Å². The topological polar surface area (TPSA) is 12.5 Å². The van der Waals surface area contributed by atoms with Crippen LogP contribution in [0.3, 0.4) is 0 Å². The zero-order chi connectivity index (χ0) is 15.1. The molecule has 0 spiro atoms. The average molecular weight is 298 g/mol. The number of nitrogens with zero attached hydrogens (tertiary/aromatic N) is 1. The van der Waals surface area contributed by atoms with E-state index in [0.29, 0.717) is 0 Å². The van der Waals surface area contributed by atoms with Gasteiger partial charge in [0.1, 0.15) is 5.75 Å². The van der Waals surface area contributed by atoms with Crippen LogP contribution in [0.25, 0.3) is 0 Å². The van der Waals surface area contributed by atoms with Crippen LogP contribution in [0, 0.1) is 13.8 Å². The van der Waals surface area contributed by atoms with Crippen molar-refractivity contribution in [1.82, 2.24) is 4.90 Å². The number of hydrogen-bond donors (Lipinski definition) is 0. The summed E-state index contributed by atoms with van der Waals surface area (Å²) in [7, 11) is 1.70. The summed E-state index contributed by atoms with van der Waals surface area (Å²) < 4.78 is 5.32. The van der Waals surface area contributed by atoms with E-state index in [1.807, 2.05) is 0 Å². The van der Waals surface area contributed by atoms with Crippen molar-refractivity contribution in [3.05, 3.63) is 28.8 Å². The second-order valence-electron chi connectivity index (χ2n) is 5.44. The van der Waals surface area contributed by atoms with Crippen molar-refractivity contribution in [1.29, 1.82) is 0 Å². The summed E-state index contributed by atoms with van der Waals surface area (Å²) >= 11 is 6.70. The van der Waals surface area contributed by atoms with Gasteiger partial charge in [-0.1, -0.05) is 13.8 Å². The molecule has 1 aromatic carbocycles. The summed E-state index contributed by atoms with van der Waals surface area (Å²) in [5.74, 6) is 0.909. The molecule has 0 saturated heterocycles. The molecule has 1 aromatic rings. The van der Waals surface area contributed by atoms with Crippen molar-refractivity contribution >= 4 is 11.6 Å². The maximum absolute atomic E-state index is 6.70. The Morgan fingerprint density at radius 3 is 2.00 bits per heavy atom. The first-order chi connectivity index (χ1) is 9.53. The molecule has 0 aliphatic heterocycles. The number of alkyl halides is 1. The predicted molar refractivity (Wildman–Crippen MR) is 88.1 cm³/mol. The van der Waals surface area contributed by atoms with Crippen molar-refractivity contribution in [3.8, 4) is 5.75 Å². The molecule has 1 atom stereocenters. The normalized spacial score (nSPS) is 12.8. The van der Waals surface area contributed by atoms with E-state index in [0.717, 1.165) is 25.4 Å². The summed E-state index contributed by atoms with van der Waals surface area (Å²) in [5.41, 5.74) is 3.69. The van der Waals surface area contributed by atoms with Gasteiger partial charge in [0.25, 0.3) is 0 Å². The van der Waals surface area contributed by atoms with Gasteiger partial charge in [0.15, 0.2) is 0 Å². The van der Waals surface area contributed by atoms with E-state index in [9.17, 15) is 0 Å². The van der Waals surface area contributed by atoms with E-state index in [1.54, 1.807) is 7.11 Å². The van der Waals surface area contributed by atoms with Gasteiger partial charge < -0.3 is 9.64 Å². The molecule has 2 nitrogen and oxygen atoms in total. The Labute approximate surface area is 129 Å². The van der Waals surface area contributed by atoms with Gasteiger partial charge in [-0.3, -0.25) is 0 Å². The predicted octanol–water partition coefficient (Wildman–Crippen LogP) is 4.71. The van der Waals surface area contributed by atoms with Crippen molar-refractivity contribution < 1.29 is 4.74 Å². The van der Waals surface area contributed by atoms with Gasteiger partial charge in [0.2, 0.25) is 0 Å². The standard InChI is InChI=1S/C17H28ClNO/c1-6-8-19(9-7-2)12-16(18)17-13(3)10-15(20-5)11-14(17)4/h10-11,16H,6-9,12H2,1-5H3. The van der Waals surface area contributed by atoms with Gasteiger partial charge in [0, 0.05) is 6.54 Å². The molecule has 114 valence electrons. The Hall–Kier alpha value is -0.730. The lowest BCUT2D eigenvalue weighted by Gasteiger charge is -2.25. The highest BCUT2D eigenvalue weighted by molar-refractivity contribution is 6.21. The molecule has 0 amide bonds. The zero-order valence-corrected chi connectivity index (χ0v) is 14.3. The molecule has 0 saturated carbocycles. The number of methoxy groups -OCH3 is 1. The monoisotopic (exact) mass is 297 g/mol. The van der Waals surface area contributed by atoms with E-state index >= 15 is 0 Å². The first-order valence-corrected chi connectivity index (χ1v) is 7.98. The molecule has 0 radical (unpaired) electrons. The Morgan fingerprint density at radius 2 is 1.60 bits per heavy atom. The lowest BCUT2D eigenvalue weighted by molar-refractivity contribution is 0.274. The van der Waals surface area contributed by atoms with Crippen LogP contribution in [0.4, 0.5) is 0 Å². The molecular formula is C17H28ClNO. The molecule has 3 heteroatoms. The largest absolute Gasteiger partial charge is 0.497 e. The lowest BCUT2D eigenvalue weighted by atomic mass is 9.98. The second-order valence-corrected chi connectivity index (χ2v) is 5.97. The van der Waals surface area contributed by atoms with Crippen molar-refractivity contribution in [2.24, 2.45) is 0 Å². The number of ether oxygens (including phenoxy) is 1. The fourth-order valence-corrected chi connectivity index (χ4v) is 3.33. The average Bonchev–Trinajstić information content (AvgIpc) is 2.38. The number of halogens is 1. The van der Waals surface area contributed by atoms with Gasteiger partial charge >= 0.3 is 0 Å². The molecule has 20 heavy (non-hydrogen) atoms. The quantitative estimate of drug-likeness (QED) is 0.644. The number of benzene rings is 1. The van der Waals surface area contributed by atoms with Gasteiger partial charge in [-0.2, -0.15) is 0 Å². The van der Waals surface area contributed by atoms with E-state index in [1.165, 1.54) is 29.5 Å². The first kappa shape index (κ1) is 17.3. The van der Waals surface area contributed by atoms with Crippen molar-refractivity contribution in [2.75, 3.05) is 26.7 Å². The summed E-state index contributed by atoms with van der Waals surface area (Å²) in [5, 5.41) is 0.0407. The van der Waals surface area contributed by atoms with Crippen molar-refractivity contribution in [2.45, 2.75) is 45.9 Å². The highest BCUT2D eigenvalue weighted by Gasteiger charge is 2.17. The Balaban J connectivity index is 2.88.